The van der Waals surface area contributed by atoms with Crippen molar-refractivity contribution in [3.63, 3.8) is 0 Å². The molecule has 0 spiro atoms. The quantitative estimate of drug-likeness (QED) is 0.548. The summed E-state index contributed by atoms with van der Waals surface area (Å²) in [4.78, 5) is 26.0. The van der Waals surface area contributed by atoms with E-state index in [1.807, 2.05) is 41.8 Å². The number of ether oxygens (including phenoxy) is 1. The first-order chi connectivity index (χ1) is 14.5. The topological polar surface area (TPSA) is 91.0 Å². The fourth-order valence-electron chi connectivity index (χ4n) is 3.34. The molecule has 8 heteroatoms. The summed E-state index contributed by atoms with van der Waals surface area (Å²) in [7, 11) is 1.65. The van der Waals surface area contributed by atoms with Crippen molar-refractivity contribution < 1.29 is 9.53 Å². The van der Waals surface area contributed by atoms with Gasteiger partial charge in [-0.25, -0.2) is 0 Å². The summed E-state index contributed by atoms with van der Waals surface area (Å²) in [5, 5.41) is 10.8. The van der Waals surface area contributed by atoms with Crippen molar-refractivity contribution in [3.05, 3.63) is 81.8 Å². The van der Waals surface area contributed by atoms with E-state index in [1.54, 1.807) is 37.2 Å². The molecule has 0 fully saturated rings. The lowest BCUT2D eigenvalue weighted by atomic mass is 10.1. The number of carbonyl (C=O) groups is 1. The van der Waals surface area contributed by atoms with Crippen LogP contribution in [0.3, 0.4) is 0 Å². The summed E-state index contributed by atoms with van der Waals surface area (Å²) in [6.45, 7) is 5.22. The Morgan fingerprint density at radius 3 is 2.73 bits per heavy atom. The van der Waals surface area contributed by atoms with Gasteiger partial charge in [0.1, 0.15) is 11.9 Å². The highest BCUT2D eigenvalue weighted by Crippen LogP contribution is 2.16. The molecule has 30 heavy (non-hydrogen) atoms. The molecule has 2 aromatic heterocycles. The molecule has 0 aliphatic rings. The number of benzene rings is 1. The van der Waals surface area contributed by atoms with E-state index in [1.165, 1.54) is 0 Å². The fraction of sp³-hybridized carbons (Fsp3) is 0.364. The van der Waals surface area contributed by atoms with Crippen LogP contribution < -0.4 is 10.9 Å². The third kappa shape index (κ3) is 4.83. The molecule has 8 nitrogen and oxygen atoms in total. The van der Waals surface area contributed by atoms with Crippen LogP contribution >= 0.6 is 0 Å². The van der Waals surface area contributed by atoms with E-state index in [9.17, 15) is 9.59 Å². The zero-order chi connectivity index (χ0) is 21.5. The molecule has 0 saturated carbocycles. The van der Waals surface area contributed by atoms with Gasteiger partial charge in [-0.3, -0.25) is 9.59 Å². The summed E-state index contributed by atoms with van der Waals surface area (Å²) >= 11 is 0. The Labute approximate surface area is 175 Å². The van der Waals surface area contributed by atoms with Gasteiger partial charge in [0.25, 0.3) is 11.5 Å². The molecule has 2 heterocycles. The molecule has 1 N–H and O–H groups in total. The van der Waals surface area contributed by atoms with Gasteiger partial charge in [0.15, 0.2) is 5.82 Å². The molecule has 0 radical (unpaired) electrons. The Hall–Kier alpha value is -3.26. The average molecular weight is 409 g/mol. The molecule has 1 unspecified atom stereocenters. The monoisotopic (exact) mass is 409 g/mol. The second-order valence-electron chi connectivity index (χ2n) is 7.14. The van der Waals surface area contributed by atoms with Crippen LogP contribution in [0.5, 0.6) is 0 Å². The van der Waals surface area contributed by atoms with Crippen LogP contribution in [0.4, 0.5) is 0 Å². The molecule has 0 bridgehead atoms. The van der Waals surface area contributed by atoms with Gasteiger partial charge in [-0.2, -0.15) is 0 Å². The zero-order valence-corrected chi connectivity index (χ0v) is 17.5. The molecule has 1 amide bonds. The number of methoxy groups -OCH3 is 1. The number of aromatic nitrogens is 4. The van der Waals surface area contributed by atoms with E-state index in [0.29, 0.717) is 24.5 Å². The van der Waals surface area contributed by atoms with Gasteiger partial charge in [-0.1, -0.05) is 30.3 Å². The van der Waals surface area contributed by atoms with E-state index in [4.69, 9.17) is 4.74 Å². The lowest BCUT2D eigenvalue weighted by Crippen LogP contribution is -2.35. The van der Waals surface area contributed by atoms with Gasteiger partial charge in [-0.05, 0) is 37.5 Å². The first-order valence-electron chi connectivity index (χ1n) is 9.93. The van der Waals surface area contributed by atoms with Crippen molar-refractivity contribution >= 4 is 5.91 Å². The number of rotatable bonds is 9. The first kappa shape index (κ1) is 21.4. The van der Waals surface area contributed by atoms with E-state index in [0.717, 1.165) is 12.0 Å². The maximum atomic E-state index is 13.1. The van der Waals surface area contributed by atoms with E-state index in [-0.39, 0.29) is 23.7 Å². The SMILES string of the molecule is COCCCn1cnnc1CNC(=O)c1c(C)ccn(C(C)c2ccccc2)c1=O. The van der Waals surface area contributed by atoms with Crippen LogP contribution in [0.25, 0.3) is 0 Å². The van der Waals surface area contributed by atoms with Crippen LogP contribution in [-0.2, 0) is 17.8 Å². The van der Waals surface area contributed by atoms with Gasteiger partial charge in [0, 0.05) is 26.5 Å². The van der Waals surface area contributed by atoms with Crippen LogP contribution in [0, 0.1) is 6.92 Å². The first-order valence-corrected chi connectivity index (χ1v) is 9.93. The molecule has 0 aliphatic carbocycles. The highest BCUT2D eigenvalue weighted by atomic mass is 16.5. The fourth-order valence-corrected chi connectivity index (χ4v) is 3.34. The molecular formula is C22H27N5O3. The van der Waals surface area contributed by atoms with E-state index < -0.39 is 5.91 Å². The standard InChI is InChI=1S/C22H27N5O3/c1-16-10-12-27(17(2)18-8-5-4-6-9-18)22(29)20(16)21(28)23-14-19-25-24-15-26(19)11-7-13-30-3/h4-6,8-10,12,15,17H,7,11,13-14H2,1-3H3,(H,23,28). The number of nitrogens with one attached hydrogen (secondary N) is 1. The highest BCUT2D eigenvalue weighted by molar-refractivity contribution is 5.95. The largest absolute Gasteiger partial charge is 0.385 e. The summed E-state index contributed by atoms with van der Waals surface area (Å²) in [5.41, 5.74) is 1.46. The van der Waals surface area contributed by atoms with Crippen molar-refractivity contribution in [1.82, 2.24) is 24.6 Å². The van der Waals surface area contributed by atoms with Gasteiger partial charge >= 0.3 is 0 Å². The van der Waals surface area contributed by atoms with Crippen molar-refractivity contribution in [1.29, 1.82) is 0 Å². The normalized spacial score (nSPS) is 12.0. The number of aryl methyl sites for hydroxylation is 2. The number of nitrogens with zero attached hydrogens (tertiary/aromatic N) is 4. The number of carbonyl (C=O) groups excluding carboxylic acids is 1. The van der Waals surface area contributed by atoms with Gasteiger partial charge in [-0.15, -0.1) is 10.2 Å². The van der Waals surface area contributed by atoms with Crippen LogP contribution in [0.1, 0.15) is 46.7 Å². The maximum Gasteiger partial charge on any atom is 0.264 e. The molecule has 3 aromatic rings. The Morgan fingerprint density at radius 2 is 2.00 bits per heavy atom. The molecule has 0 saturated heterocycles. The summed E-state index contributed by atoms with van der Waals surface area (Å²) < 4.78 is 8.52. The molecule has 3 rings (SSSR count). The van der Waals surface area contributed by atoms with Crippen molar-refractivity contribution in [2.75, 3.05) is 13.7 Å². The number of hydrogen-bond acceptors (Lipinski definition) is 5. The molecule has 1 atom stereocenters. The number of pyridine rings is 1. The minimum atomic E-state index is -0.418. The van der Waals surface area contributed by atoms with Gasteiger partial charge in [0.2, 0.25) is 0 Å². The van der Waals surface area contributed by atoms with Gasteiger partial charge < -0.3 is 19.2 Å². The minimum Gasteiger partial charge on any atom is -0.385 e. The lowest BCUT2D eigenvalue weighted by Gasteiger charge is -2.17. The Balaban J connectivity index is 1.77. The predicted octanol–water partition coefficient (Wildman–Crippen LogP) is 2.32. The minimum absolute atomic E-state index is 0.144. The zero-order valence-electron chi connectivity index (χ0n) is 17.5. The Morgan fingerprint density at radius 1 is 1.23 bits per heavy atom. The van der Waals surface area contributed by atoms with E-state index >= 15 is 0 Å². The number of hydrogen-bond donors (Lipinski definition) is 1. The van der Waals surface area contributed by atoms with Crippen molar-refractivity contribution in [2.24, 2.45) is 0 Å². The lowest BCUT2D eigenvalue weighted by molar-refractivity contribution is 0.0946. The smallest absolute Gasteiger partial charge is 0.264 e. The summed E-state index contributed by atoms with van der Waals surface area (Å²) in [6, 6.07) is 11.3. The second-order valence-corrected chi connectivity index (χ2v) is 7.14. The molecular weight excluding hydrogens is 382 g/mol. The second kappa shape index (κ2) is 9.98. The maximum absolute atomic E-state index is 13.1. The highest BCUT2D eigenvalue weighted by Gasteiger charge is 2.19. The third-order valence-corrected chi connectivity index (χ3v) is 5.10. The molecule has 0 aliphatic heterocycles. The van der Waals surface area contributed by atoms with Crippen molar-refractivity contribution in [3.8, 4) is 0 Å². The average Bonchev–Trinajstić information content (AvgIpc) is 3.20. The third-order valence-electron chi connectivity index (χ3n) is 5.10. The Kier molecular flexibility index (Phi) is 7.13. The predicted molar refractivity (Wildman–Crippen MR) is 113 cm³/mol. The Bertz CT molecular complexity index is 1040. The van der Waals surface area contributed by atoms with Crippen LogP contribution in [-0.4, -0.2) is 39.0 Å². The van der Waals surface area contributed by atoms with Crippen LogP contribution in [0.15, 0.2) is 53.7 Å². The molecule has 1 aromatic carbocycles. The van der Waals surface area contributed by atoms with Crippen molar-refractivity contribution in [2.45, 2.75) is 39.4 Å². The summed E-state index contributed by atoms with van der Waals surface area (Å²) in [5.74, 6) is 0.213. The summed E-state index contributed by atoms with van der Waals surface area (Å²) in [6.07, 6.45) is 4.17. The molecule has 158 valence electrons. The van der Waals surface area contributed by atoms with Crippen LogP contribution in [0.2, 0.25) is 0 Å². The number of amides is 1. The van der Waals surface area contributed by atoms with E-state index in [2.05, 4.69) is 15.5 Å². The van der Waals surface area contributed by atoms with Gasteiger partial charge in [0.05, 0.1) is 12.6 Å².